The standard InChI is InChI=1S/C6H5N2S.C2H6/c1-2-4-8-5-7-9-6(8)3-1;1-2/h1-5H;1-2H3/q+1;. The van der Waals surface area contributed by atoms with Crippen molar-refractivity contribution in [3.8, 4) is 0 Å². The van der Waals surface area contributed by atoms with E-state index in [1.165, 1.54) is 16.4 Å². The molecule has 0 radical (unpaired) electrons. The molecule has 0 spiro atoms. The summed E-state index contributed by atoms with van der Waals surface area (Å²) in [6.07, 6.45) is 3.79. The predicted octanol–water partition coefficient (Wildman–Crippen LogP) is 1.91. The van der Waals surface area contributed by atoms with Crippen LogP contribution in [-0.4, -0.2) is 4.37 Å². The van der Waals surface area contributed by atoms with Gasteiger partial charge in [-0.05, 0) is 12.1 Å². The zero-order valence-electron chi connectivity index (χ0n) is 6.69. The quantitative estimate of drug-likeness (QED) is 0.548. The highest BCUT2D eigenvalue weighted by Crippen LogP contribution is 1.97. The van der Waals surface area contributed by atoms with Crippen molar-refractivity contribution in [1.29, 1.82) is 0 Å². The lowest BCUT2D eigenvalue weighted by atomic mass is 10.5. The van der Waals surface area contributed by atoms with E-state index >= 15 is 0 Å². The van der Waals surface area contributed by atoms with Gasteiger partial charge in [0.15, 0.2) is 0 Å². The van der Waals surface area contributed by atoms with E-state index in [2.05, 4.69) is 4.37 Å². The van der Waals surface area contributed by atoms with Gasteiger partial charge < -0.3 is 0 Å². The maximum Gasteiger partial charge on any atom is 0.307 e. The first-order valence-electron chi connectivity index (χ1n) is 3.67. The second-order valence-corrected chi connectivity index (χ2v) is 2.57. The molecular formula is C8H11N2S+. The first-order chi connectivity index (χ1) is 5.47. The average molecular weight is 167 g/mol. The molecule has 0 saturated carbocycles. The van der Waals surface area contributed by atoms with E-state index < -0.39 is 0 Å². The summed E-state index contributed by atoms with van der Waals surface area (Å²) in [5, 5.41) is 0. The molecule has 0 N–H and O–H groups in total. The van der Waals surface area contributed by atoms with Crippen LogP contribution in [0, 0.1) is 0 Å². The molecule has 11 heavy (non-hydrogen) atoms. The van der Waals surface area contributed by atoms with Crippen molar-refractivity contribution in [2.45, 2.75) is 13.8 Å². The van der Waals surface area contributed by atoms with Gasteiger partial charge in [0.1, 0.15) is 11.5 Å². The molecule has 0 atom stereocenters. The van der Waals surface area contributed by atoms with Crippen molar-refractivity contribution < 1.29 is 4.40 Å². The van der Waals surface area contributed by atoms with Crippen LogP contribution in [0.1, 0.15) is 13.8 Å². The fourth-order valence-electron chi connectivity index (χ4n) is 0.741. The van der Waals surface area contributed by atoms with Crippen LogP contribution in [0.4, 0.5) is 0 Å². The summed E-state index contributed by atoms with van der Waals surface area (Å²) in [6.45, 7) is 4.00. The molecule has 0 fully saturated rings. The maximum atomic E-state index is 4.01. The van der Waals surface area contributed by atoms with Gasteiger partial charge in [-0.1, -0.05) is 19.9 Å². The number of nitrogens with zero attached hydrogens (tertiary/aromatic N) is 2. The number of aromatic nitrogens is 2. The topological polar surface area (TPSA) is 17.0 Å². The zero-order valence-corrected chi connectivity index (χ0v) is 7.51. The highest BCUT2D eigenvalue weighted by Gasteiger charge is 1.97. The Morgan fingerprint density at radius 2 is 2.18 bits per heavy atom. The fraction of sp³-hybridized carbons (Fsp3) is 0.250. The Balaban J connectivity index is 0.000000281. The molecule has 2 heterocycles. The SMILES string of the molecule is CC.c1cc[n+]2cnsc2c1. The van der Waals surface area contributed by atoms with Gasteiger partial charge in [0.25, 0.3) is 0 Å². The number of hydrogen-bond donors (Lipinski definition) is 0. The highest BCUT2D eigenvalue weighted by molar-refractivity contribution is 7.10. The van der Waals surface area contributed by atoms with Gasteiger partial charge >= 0.3 is 6.33 Å². The molecule has 2 aromatic heterocycles. The number of fused-ring (bicyclic) bond motifs is 1. The van der Waals surface area contributed by atoms with Crippen LogP contribution in [0.15, 0.2) is 30.7 Å². The largest absolute Gasteiger partial charge is 0.307 e. The molecule has 0 bridgehead atoms. The summed E-state index contributed by atoms with van der Waals surface area (Å²) in [6, 6.07) is 6.03. The van der Waals surface area contributed by atoms with E-state index in [0.29, 0.717) is 0 Å². The van der Waals surface area contributed by atoms with Crippen LogP contribution in [0.25, 0.3) is 4.83 Å². The van der Waals surface area contributed by atoms with Crippen LogP contribution < -0.4 is 4.40 Å². The third-order valence-electron chi connectivity index (χ3n) is 1.17. The molecule has 0 amide bonds. The van der Waals surface area contributed by atoms with Gasteiger partial charge in [0.05, 0.1) is 6.20 Å². The van der Waals surface area contributed by atoms with Crippen molar-refractivity contribution in [1.82, 2.24) is 4.37 Å². The number of rotatable bonds is 0. The normalized spacial score (nSPS) is 8.91. The van der Waals surface area contributed by atoms with E-state index in [1.54, 1.807) is 6.33 Å². The second kappa shape index (κ2) is 4.03. The first-order valence-corrected chi connectivity index (χ1v) is 4.45. The van der Waals surface area contributed by atoms with Crippen molar-refractivity contribution in [3.63, 3.8) is 0 Å². The minimum Gasteiger partial charge on any atom is -0.190 e. The molecule has 0 aliphatic heterocycles. The van der Waals surface area contributed by atoms with E-state index in [0.717, 1.165) is 0 Å². The van der Waals surface area contributed by atoms with Crippen molar-refractivity contribution in [2.75, 3.05) is 0 Å². The molecule has 0 aromatic carbocycles. The van der Waals surface area contributed by atoms with Gasteiger partial charge in [-0.2, -0.15) is 4.40 Å². The van der Waals surface area contributed by atoms with Crippen LogP contribution >= 0.6 is 11.5 Å². The summed E-state index contributed by atoms with van der Waals surface area (Å²) >= 11 is 1.50. The van der Waals surface area contributed by atoms with Gasteiger partial charge in [-0.25, -0.2) is 0 Å². The minimum atomic E-state index is 1.18. The Labute approximate surface area is 70.3 Å². The smallest absolute Gasteiger partial charge is 0.190 e. The second-order valence-electron chi connectivity index (χ2n) is 1.76. The lowest BCUT2D eigenvalue weighted by Gasteiger charge is -1.76. The highest BCUT2D eigenvalue weighted by atomic mass is 32.1. The molecule has 2 rings (SSSR count). The predicted molar refractivity (Wildman–Crippen MR) is 46.6 cm³/mol. The molecule has 0 aliphatic carbocycles. The maximum absolute atomic E-state index is 4.01. The van der Waals surface area contributed by atoms with Gasteiger partial charge in [0, 0.05) is 4.37 Å². The molecule has 0 unspecified atom stereocenters. The van der Waals surface area contributed by atoms with Gasteiger partial charge in [0.2, 0.25) is 4.83 Å². The summed E-state index contributed by atoms with van der Waals surface area (Å²) in [5.74, 6) is 0. The van der Waals surface area contributed by atoms with E-state index in [4.69, 9.17) is 0 Å². The van der Waals surface area contributed by atoms with Crippen molar-refractivity contribution in [2.24, 2.45) is 0 Å². The van der Waals surface area contributed by atoms with Crippen LogP contribution in [0.5, 0.6) is 0 Å². The summed E-state index contributed by atoms with van der Waals surface area (Å²) in [7, 11) is 0. The minimum absolute atomic E-state index is 1.18. The Bertz CT molecular complexity index is 286. The van der Waals surface area contributed by atoms with E-state index in [-0.39, 0.29) is 0 Å². The Morgan fingerprint density at radius 1 is 1.36 bits per heavy atom. The van der Waals surface area contributed by atoms with Gasteiger partial charge in [-0.15, -0.1) is 0 Å². The molecule has 2 nitrogen and oxygen atoms in total. The third-order valence-corrected chi connectivity index (χ3v) is 1.90. The Kier molecular flexibility index (Phi) is 2.98. The van der Waals surface area contributed by atoms with Crippen LogP contribution in [0.3, 0.4) is 0 Å². The molecule has 58 valence electrons. The third kappa shape index (κ3) is 1.74. The molecular weight excluding hydrogens is 156 g/mol. The summed E-state index contributed by atoms with van der Waals surface area (Å²) in [4.78, 5) is 1.18. The van der Waals surface area contributed by atoms with E-state index in [1.807, 2.05) is 42.6 Å². The fourth-order valence-corrected chi connectivity index (χ4v) is 1.34. The van der Waals surface area contributed by atoms with Crippen LogP contribution in [0.2, 0.25) is 0 Å². The number of pyridine rings is 1. The Hall–Kier alpha value is -0.960. The van der Waals surface area contributed by atoms with E-state index in [9.17, 15) is 0 Å². The monoisotopic (exact) mass is 167 g/mol. The lowest BCUT2D eigenvalue weighted by molar-refractivity contribution is -0.510. The van der Waals surface area contributed by atoms with Gasteiger partial charge in [-0.3, -0.25) is 0 Å². The summed E-state index contributed by atoms with van der Waals surface area (Å²) < 4.78 is 6.00. The first kappa shape index (κ1) is 8.14. The van der Waals surface area contributed by atoms with Crippen molar-refractivity contribution in [3.05, 3.63) is 30.7 Å². The Morgan fingerprint density at radius 3 is 2.91 bits per heavy atom. The average Bonchev–Trinajstić information content (AvgIpc) is 2.55. The molecule has 0 saturated heterocycles. The number of hydrogen-bond acceptors (Lipinski definition) is 2. The van der Waals surface area contributed by atoms with Crippen LogP contribution in [-0.2, 0) is 0 Å². The van der Waals surface area contributed by atoms with Crippen molar-refractivity contribution >= 4 is 16.4 Å². The molecule has 3 heteroatoms. The lowest BCUT2D eigenvalue weighted by Crippen LogP contribution is -2.15. The summed E-state index contributed by atoms with van der Waals surface area (Å²) in [5.41, 5.74) is 0. The zero-order chi connectivity index (χ0) is 8.10. The molecule has 2 aromatic rings. The molecule has 0 aliphatic rings.